The van der Waals surface area contributed by atoms with Gasteiger partial charge in [-0.3, -0.25) is 19.2 Å². The number of aromatic amines is 1. The number of carboxylic acid groups (broad SMARTS) is 2. The number of nitrogens with two attached hydrogens (primary N) is 1. The Morgan fingerprint density at radius 3 is 2.06 bits per heavy atom. The molecule has 0 aliphatic rings. The molecule has 5 atom stereocenters. The molecule has 0 aliphatic heterocycles. The number of carbonyl (C=O) groups excluding carboxylic acids is 3. The minimum atomic E-state index is -1.34. The number of aromatic nitrogens is 2. The van der Waals surface area contributed by atoms with E-state index in [1.165, 1.54) is 12.5 Å². The second kappa shape index (κ2) is 14.8. The van der Waals surface area contributed by atoms with E-state index in [0.717, 1.165) is 0 Å². The molecule has 0 aromatic carbocycles. The van der Waals surface area contributed by atoms with E-state index in [1.54, 1.807) is 20.8 Å². The van der Waals surface area contributed by atoms with Crippen LogP contribution >= 0.6 is 0 Å². The van der Waals surface area contributed by atoms with Crippen LogP contribution in [-0.2, 0) is 30.4 Å². The first-order valence-corrected chi connectivity index (χ1v) is 11.9. The highest BCUT2D eigenvalue weighted by Crippen LogP contribution is 2.09. The fourth-order valence-corrected chi connectivity index (χ4v) is 3.38. The third-order valence-electron chi connectivity index (χ3n) is 5.77. The van der Waals surface area contributed by atoms with E-state index in [9.17, 15) is 29.1 Å². The standard InChI is InChI=1S/C23H38N6O7/c1-5-13(4)19(24)22(34)28-16(9-14-10-25-11-26-14)21(33)27-15(6-7-18(30)31)20(32)29-17(23(35)36)8-12(2)3/h10-13,15-17,19H,5-9,24H2,1-4H3,(H,25,26)(H,27,33)(H,28,34)(H,29,32)(H,30,31)(H,35,36). The van der Waals surface area contributed by atoms with Crippen molar-refractivity contribution >= 4 is 29.7 Å². The van der Waals surface area contributed by atoms with Crippen LogP contribution in [0.4, 0.5) is 0 Å². The van der Waals surface area contributed by atoms with Gasteiger partial charge in [-0.05, 0) is 24.7 Å². The Labute approximate surface area is 210 Å². The lowest BCUT2D eigenvalue weighted by Gasteiger charge is -2.26. The van der Waals surface area contributed by atoms with Crippen molar-refractivity contribution in [1.29, 1.82) is 0 Å². The highest BCUT2D eigenvalue weighted by molar-refractivity contribution is 5.94. The molecule has 1 aromatic heterocycles. The normalized spacial score (nSPS) is 15.3. The molecule has 0 fully saturated rings. The zero-order chi connectivity index (χ0) is 27.4. The van der Waals surface area contributed by atoms with Crippen LogP contribution < -0.4 is 21.7 Å². The lowest BCUT2D eigenvalue weighted by atomic mass is 9.98. The average Bonchev–Trinajstić information content (AvgIpc) is 3.32. The quantitative estimate of drug-likeness (QED) is 0.156. The Kier molecular flexibility index (Phi) is 12.6. The van der Waals surface area contributed by atoms with Gasteiger partial charge in [0, 0.05) is 24.7 Å². The largest absolute Gasteiger partial charge is 0.481 e. The Bertz CT molecular complexity index is 890. The minimum Gasteiger partial charge on any atom is -0.481 e. The molecule has 0 spiro atoms. The van der Waals surface area contributed by atoms with E-state index in [-0.39, 0.29) is 31.1 Å². The van der Waals surface area contributed by atoms with Gasteiger partial charge in [-0.2, -0.15) is 0 Å². The van der Waals surface area contributed by atoms with Crippen LogP contribution in [0.1, 0.15) is 59.1 Å². The van der Waals surface area contributed by atoms with Gasteiger partial charge in [0.25, 0.3) is 0 Å². The molecular weight excluding hydrogens is 472 g/mol. The van der Waals surface area contributed by atoms with Crippen molar-refractivity contribution < 1.29 is 34.2 Å². The first-order valence-electron chi connectivity index (χ1n) is 11.9. The molecule has 1 aromatic rings. The van der Waals surface area contributed by atoms with Gasteiger partial charge >= 0.3 is 11.9 Å². The predicted octanol–water partition coefficient (Wildman–Crippen LogP) is -0.224. The lowest BCUT2D eigenvalue weighted by Crippen LogP contribution is -2.58. The molecule has 202 valence electrons. The van der Waals surface area contributed by atoms with E-state index < -0.39 is 60.2 Å². The van der Waals surface area contributed by atoms with Crippen LogP contribution in [0.3, 0.4) is 0 Å². The van der Waals surface area contributed by atoms with Crippen molar-refractivity contribution in [2.75, 3.05) is 0 Å². The minimum absolute atomic E-state index is 0.00314. The number of H-pyrrole nitrogens is 1. The third-order valence-corrected chi connectivity index (χ3v) is 5.77. The van der Waals surface area contributed by atoms with Crippen molar-refractivity contribution in [3.05, 3.63) is 18.2 Å². The maximum Gasteiger partial charge on any atom is 0.326 e. The fourth-order valence-electron chi connectivity index (χ4n) is 3.38. The molecule has 5 unspecified atom stereocenters. The highest BCUT2D eigenvalue weighted by Gasteiger charge is 2.31. The Morgan fingerprint density at radius 2 is 1.56 bits per heavy atom. The smallest absolute Gasteiger partial charge is 0.326 e. The van der Waals surface area contributed by atoms with Crippen molar-refractivity contribution in [2.45, 2.75) is 84.0 Å². The van der Waals surface area contributed by atoms with Gasteiger partial charge < -0.3 is 36.9 Å². The summed E-state index contributed by atoms with van der Waals surface area (Å²) in [5, 5.41) is 26.0. The molecule has 13 heteroatoms. The van der Waals surface area contributed by atoms with E-state index in [4.69, 9.17) is 10.8 Å². The Hall–Kier alpha value is -3.48. The van der Waals surface area contributed by atoms with Gasteiger partial charge in [0.05, 0.1) is 12.4 Å². The summed E-state index contributed by atoms with van der Waals surface area (Å²) in [5.74, 6) is -4.77. The molecule has 0 radical (unpaired) electrons. The second-order valence-corrected chi connectivity index (χ2v) is 9.28. The van der Waals surface area contributed by atoms with E-state index >= 15 is 0 Å². The molecule has 0 bridgehead atoms. The Balaban J connectivity index is 3.10. The fraction of sp³-hybridized carbons (Fsp3) is 0.652. The van der Waals surface area contributed by atoms with Gasteiger partial charge in [0.2, 0.25) is 17.7 Å². The molecule has 36 heavy (non-hydrogen) atoms. The monoisotopic (exact) mass is 510 g/mol. The van der Waals surface area contributed by atoms with E-state index in [0.29, 0.717) is 12.1 Å². The zero-order valence-corrected chi connectivity index (χ0v) is 21.1. The molecule has 13 nitrogen and oxygen atoms in total. The van der Waals surface area contributed by atoms with Gasteiger partial charge in [-0.25, -0.2) is 9.78 Å². The van der Waals surface area contributed by atoms with Crippen molar-refractivity contribution in [2.24, 2.45) is 17.6 Å². The summed E-state index contributed by atoms with van der Waals surface area (Å²) >= 11 is 0. The van der Waals surface area contributed by atoms with Crippen molar-refractivity contribution in [3.63, 3.8) is 0 Å². The summed E-state index contributed by atoms with van der Waals surface area (Å²) in [6.07, 6.45) is 2.94. The Morgan fingerprint density at radius 1 is 0.972 bits per heavy atom. The first-order chi connectivity index (χ1) is 16.8. The molecular formula is C23H38N6O7. The van der Waals surface area contributed by atoms with Crippen molar-refractivity contribution in [3.8, 4) is 0 Å². The van der Waals surface area contributed by atoms with Crippen LogP contribution in [0.25, 0.3) is 0 Å². The molecule has 0 aliphatic carbocycles. The number of nitrogens with zero attached hydrogens (tertiary/aromatic N) is 1. The average molecular weight is 511 g/mol. The second-order valence-electron chi connectivity index (χ2n) is 9.28. The molecule has 8 N–H and O–H groups in total. The predicted molar refractivity (Wildman–Crippen MR) is 129 cm³/mol. The van der Waals surface area contributed by atoms with Crippen LogP contribution in [0.15, 0.2) is 12.5 Å². The maximum absolute atomic E-state index is 13.2. The zero-order valence-electron chi connectivity index (χ0n) is 21.1. The SMILES string of the molecule is CCC(C)C(N)C(=O)NC(Cc1cnc[nH]1)C(=O)NC(CCC(=O)O)C(=O)NC(CC(C)C)C(=O)O. The number of amides is 3. The van der Waals surface area contributed by atoms with E-state index in [1.807, 2.05) is 6.92 Å². The lowest BCUT2D eigenvalue weighted by molar-refractivity contribution is -0.143. The molecule has 1 rings (SSSR count). The molecule has 1 heterocycles. The van der Waals surface area contributed by atoms with Gasteiger partial charge in [-0.15, -0.1) is 0 Å². The van der Waals surface area contributed by atoms with Gasteiger partial charge in [-0.1, -0.05) is 34.1 Å². The number of carbonyl (C=O) groups is 5. The summed E-state index contributed by atoms with van der Waals surface area (Å²) in [7, 11) is 0. The van der Waals surface area contributed by atoms with Gasteiger partial charge in [0.15, 0.2) is 0 Å². The number of hydrogen-bond acceptors (Lipinski definition) is 7. The topological polar surface area (TPSA) is 217 Å². The highest BCUT2D eigenvalue weighted by atomic mass is 16.4. The summed E-state index contributed by atoms with van der Waals surface area (Å²) in [6.45, 7) is 7.26. The van der Waals surface area contributed by atoms with Gasteiger partial charge in [0.1, 0.15) is 18.1 Å². The molecule has 0 saturated heterocycles. The van der Waals surface area contributed by atoms with Crippen molar-refractivity contribution in [1.82, 2.24) is 25.9 Å². The first kappa shape index (κ1) is 30.6. The summed E-state index contributed by atoms with van der Waals surface area (Å²) in [6, 6.07) is -4.58. The number of hydrogen-bond donors (Lipinski definition) is 7. The van der Waals surface area contributed by atoms with Crippen LogP contribution in [-0.4, -0.2) is 74.0 Å². The number of aliphatic carboxylic acids is 2. The number of imidazole rings is 1. The van der Waals surface area contributed by atoms with Crippen LogP contribution in [0.2, 0.25) is 0 Å². The summed E-state index contributed by atoms with van der Waals surface area (Å²) in [4.78, 5) is 68.2. The van der Waals surface area contributed by atoms with E-state index in [2.05, 4.69) is 25.9 Å². The third kappa shape index (κ3) is 10.4. The number of carboxylic acids is 2. The number of nitrogens with one attached hydrogen (secondary N) is 4. The van der Waals surface area contributed by atoms with Crippen LogP contribution in [0.5, 0.6) is 0 Å². The molecule has 3 amide bonds. The summed E-state index contributed by atoms with van der Waals surface area (Å²) in [5.41, 5.74) is 6.53. The summed E-state index contributed by atoms with van der Waals surface area (Å²) < 4.78 is 0. The maximum atomic E-state index is 13.2. The molecule has 0 saturated carbocycles. The van der Waals surface area contributed by atoms with Crippen LogP contribution in [0, 0.1) is 11.8 Å². The number of rotatable bonds is 16.